The van der Waals surface area contributed by atoms with Crippen molar-refractivity contribution >= 4 is 17.5 Å². The van der Waals surface area contributed by atoms with Crippen LogP contribution in [-0.2, 0) is 16.1 Å². The highest BCUT2D eigenvalue weighted by atomic mass is 16.2. The SMILES string of the molecule is CCCN1CC(=O)N(CCn2cc(N)cn2)CC1=O. The predicted molar refractivity (Wildman–Crippen MR) is 70.1 cm³/mol. The fourth-order valence-electron chi connectivity index (χ4n) is 2.11. The molecule has 1 aromatic heterocycles. The van der Waals surface area contributed by atoms with Crippen LogP contribution in [0.3, 0.4) is 0 Å². The first-order valence-corrected chi connectivity index (χ1v) is 6.43. The number of carbonyl (C=O) groups excluding carboxylic acids is 2. The number of hydrogen-bond donors (Lipinski definition) is 1. The molecule has 0 unspecified atom stereocenters. The van der Waals surface area contributed by atoms with Crippen LogP contribution in [0.1, 0.15) is 13.3 Å². The van der Waals surface area contributed by atoms with E-state index in [0.717, 1.165) is 6.42 Å². The Bertz CT molecular complexity index is 470. The molecule has 2 amide bonds. The molecule has 1 aromatic rings. The lowest BCUT2D eigenvalue weighted by molar-refractivity contribution is -0.150. The lowest BCUT2D eigenvalue weighted by Gasteiger charge is -2.33. The van der Waals surface area contributed by atoms with Gasteiger partial charge >= 0.3 is 0 Å². The van der Waals surface area contributed by atoms with Gasteiger partial charge in [0.25, 0.3) is 0 Å². The van der Waals surface area contributed by atoms with Crippen molar-refractivity contribution in [2.24, 2.45) is 0 Å². The molecule has 0 saturated carbocycles. The van der Waals surface area contributed by atoms with Crippen molar-refractivity contribution in [2.45, 2.75) is 19.9 Å². The first kappa shape index (κ1) is 13.4. The van der Waals surface area contributed by atoms with Gasteiger partial charge in [0.2, 0.25) is 11.8 Å². The summed E-state index contributed by atoms with van der Waals surface area (Å²) in [5.41, 5.74) is 6.16. The van der Waals surface area contributed by atoms with E-state index < -0.39 is 0 Å². The van der Waals surface area contributed by atoms with Gasteiger partial charge in [0.15, 0.2) is 0 Å². The van der Waals surface area contributed by atoms with Crippen LogP contribution in [0.2, 0.25) is 0 Å². The van der Waals surface area contributed by atoms with Gasteiger partial charge < -0.3 is 15.5 Å². The van der Waals surface area contributed by atoms with Crippen LogP contribution < -0.4 is 5.73 Å². The molecule has 1 aliphatic rings. The van der Waals surface area contributed by atoms with E-state index in [2.05, 4.69) is 5.10 Å². The Morgan fingerprint density at radius 3 is 2.32 bits per heavy atom. The summed E-state index contributed by atoms with van der Waals surface area (Å²) in [6, 6.07) is 0. The fourth-order valence-corrected chi connectivity index (χ4v) is 2.11. The summed E-state index contributed by atoms with van der Waals surface area (Å²) in [5.74, 6) is 0.00890. The Kier molecular flexibility index (Phi) is 4.03. The topological polar surface area (TPSA) is 84.5 Å². The summed E-state index contributed by atoms with van der Waals surface area (Å²) in [7, 11) is 0. The number of rotatable bonds is 5. The first-order chi connectivity index (χ1) is 9.10. The molecule has 1 aliphatic heterocycles. The number of piperazine rings is 1. The van der Waals surface area contributed by atoms with E-state index in [9.17, 15) is 9.59 Å². The maximum Gasteiger partial charge on any atom is 0.242 e. The Morgan fingerprint density at radius 1 is 1.16 bits per heavy atom. The van der Waals surface area contributed by atoms with Crippen molar-refractivity contribution in [1.29, 1.82) is 0 Å². The minimum absolute atomic E-state index is 0.00632. The molecule has 19 heavy (non-hydrogen) atoms. The Hall–Kier alpha value is -2.05. The van der Waals surface area contributed by atoms with Crippen LogP contribution in [0, 0.1) is 0 Å². The van der Waals surface area contributed by atoms with E-state index in [1.807, 2.05) is 6.92 Å². The molecule has 7 heteroatoms. The van der Waals surface area contributed by atoms with Gasteiger partial charge in [-0.05, 0) is 6.42 Å². The summed E-state index contributed by atoms with van der Waals surface area (Å²) < 4.78 is 1.67. The van der Waals surface area contributed by atoms with E-state index in [4.69, 9.17) is 5.73 Å². The van der Waals surface area contributed by atoms with Crippen molar-refractivity contribution in [3.8, 4) is 0 Å². The predicted octanol–water partition coefficient (Wildman–Crippen LogP) is -0.454. The quantitative estimate of drug-likeness (QED) is 0.781. The minimum atomic E-state index is -0.00632. The Morgan fingerprint density at radius 2 is 1.79 bits per heavy atom. The van der Waals surface area contributed by atoms with Gasteiger partial charge in [0, 0.05) is 19.3 Å². The highest BCUT2D eigenvalue weighted by molar-refractivity contribution is 5.92. The van der Waals surface area contributed by atoms with Gasteiger partial charge in [0.05, 0.1) is 31.5 Å². The summed E-state index contributed by atoms with van der Waals surface area (Å²) >= 11 is 0. The van der Waals surface area contributed by atoms with E-state index >= 15 is 0 Å². The molecular weight excluding hydrogens is 246 g/mol. The summed E-state index contributed by atoms with van der Waals surface area (Å²) in [4.78, 5) is 27.0. The van der Waals surface area contributed by atoms with Crippen LogP contribution >= 0.6 is 0 Å². The second kappa shape index (κ2) is 5.73. The fraction of sp³-hybridized carbons (Fsp3) is 0.583. The Balaban J connectivity index is 1.88. The van der Waals surface area contributed by atoms with Gasteiger partial charge in [-0.2, -0.15) is 5.10 Å². The van der Waals surface area contributed by atoms with E-state index in [-0.39, 0.29) is 24.9 Å². The molecule has 2 heterocycles. The van der Waals surface area contributed by atoms with E-state index in [1.54, 1.807) is 26.9 Å². The molecule has 7 nitrogen and oxygen atoms in total. The molecule has 104 valence electrons. The van der Waals surface area contributed by atoms with E-state index in [0.29, 0.717) is 25.3 Å². The van der Waals surface area contributed by atoms with Gasteiger partial charge in [0.1, 0.15) is 0 Å². The molecule has 0 radical (unpaired) electrons. The molecule has 0 atom stereocenters. The summed E-state index contributed by atoms with van der Waals surface area (Å²) in [6.45, 7) is 4.01. The van der Waals surface area contributed by atoms with E-state index in [1.165, 1.54) is 0 Å². The molecule has 0 aliphatic carbocycles. The largest absolute Gasteiger partial charge is 0.396 e. The molecule has 2 rings (SSSR count). The van der Waals surface area contributed by atoms with Crippen molar-refractivity contribution in [2.75, 3.05) is 31.9 Å². The number of carbonyl (C=O) groups is 2. The second-order valence-electron chi connectivity index (χ2n) is 4.67. The monoisotopic (exact) mass is 265 g/mol. The average molecular weight is 265 g/mol. The van der Waals surface area contributed by atoms with Crippen LogP contribution in [0.5, 0.6) is 0 Å². The number of nitrogens with zero attached hydrogens (tertiary/aromatic N) is 4. The van der Waals surface area contributed by atoms with Crippen molar-refractivity contribution < 1.29 is 9.59 Å². The van der Waals surface area contributed by atoms with Crippen molar-refractivity contribution in [3.05, 3.63) is 12.4 Å². The third-order valence-electron chi connectivity index (χ3n) is 3.10. The zero-order valence-corrected chi connectivity index (χ0v) is 11.1. The highest BCUT2D eigenvalue weighted by Gasteiger charge is 2.28. The molecule has 0 bridgehead atoms. The normalized spacial score (nSPS) is 16.3. The average Bonchev–Trinajstić information content (AvgIpc) is 2.78. The van der Waals surface area contributed by atoms with Gasteiger partial charge in [-0.1, -0.05) is 6.92 Å². The lowest BCUT2D eigenvalue weighted by Crippen LogP contribution is -2.54. The number of nitrogen functional groups attached to an aromatic ring is 1. The highest BCUT2D eigenvalue weighted by Crippen LogP contribution is 2.06. The third kappa shape index (κ3) is 3.24. The number of anilines is 1. The van der Waals surface area contributed by atoms with Crippen LogP contribution in [0.25, 0.3) is 0 Å². The zero-order chi connectivity index (χ0) is 13.8. The number of aromatic nitrogens is 2. The lowest BCUT2D eigenvalue weighted by atomic mass is 10.2. The standard InChI is InChI=1S/C12H19N5O2/c1-2-3-15-8-12(19)16(9-11(15)18)4-5-17-7-10(13)6-14-17/h6-7H,2-5,8-9,13H2,1H3. The number of hydrogen-bond acceptors (Lipinski definition) is 4. The summed E-state index contributed by atoms with van der Waals surface area (Å²) in [5, 5.41) is 4.05. The van der Waals surface area contributed by atoms with Crippen molar-refractivity contribution in [3.63, 3.8) is 0 Å². The second-order valence-corrected chi connectivity index (χ2v) is 4.67. The maximum atomic E-state index is 11.9. The zero-order valence-electron chi connectivity index (χ0n) is 11.1. The smallest absolute Gasteiger partial charge is 0.242 e. The molecule has 2 N–H and O–H groups in total. The third-order valence-corrected chi connectivity index (χ3v) is 3.10. The molecule has 0 aromatic carbocycles. The summed E-state index contributed by atoms with van der Waals surface area (Å²) in [6.07, 6.45) is 4.14. The minimum Gasteiger partial charge on any atom is -0.396 e. The molecule has 1 fully saturated rings. The van der Waals surface area contributed by atoms with Gasteiger partial charge in [-0.15, -0.1) is 0 Å². The molecule has 0 spiro atoms. The molecule has 1 saturated heterocycles. The van der Waals surface area contributed by atoms with Crippen LogP contribution in [-0.4, -0.2) is 57.6 Å². The first-order valence-electron chi connectivity index (χ1n) is 6.43. The van der Waals surface area contributed by atoms with Crippen molar-refractivity contribution in [1.82, 2.24) is 19.6 Å². The number of amides is 2. The van der Waals surface area contributed by atoms with Crippen LogP contribution in [0.15, 0.2) is 12.4 Å². The van der Waals surface area contributed by atoms with Gasteiger partial charge in [-0.3, -0.25) is 14.3 Å². The van der Waals surface area contributed by atoms with Crippen LogP contribution in [0.4, 0.5) is 5.69 Å². The maximum absolute atomic E-state index is 11.9. The Labute approximate surface area is 111 Å². The molecular formula is C12H19N5O2. The van der Waals surface area contributed by atoms with Gasteiger partial charge in [-0.25, -0.2) is 0 Å². The number of nitrogens with two attached hydrogens (primary N) is 1.